The molecule has 0 heterocycles. The minimum absolute atomic E-state index is 0.0320. The Morgan fingerprint density at radius 3 is 1.61 bits per heavy atom. The second-order valence-corrected chi connectivity index (χ2v) is 32.8. The first kappa shape index (κ1) is 45.7. The van der Waals surface area contributed by atoms with E-state index in [4.69, 9.17) is 18.0 Å². The van der Waals surface area contributed by atoms with E-state index < -0.39 is 25.0 Å². The van der Waals surface area contributed by atoms with Crippen molar-refractivity contribution in [2.24, 2.45) is 0 Å². The van der Waals surface area contributed by atoms with Crippen LogP contribution in [0.5, 0.6) is 0 Å². The summed E-state index contributed by atoms with van der Waals surface area (Å²) in [6, 6.07) is 8.58. The average molecular weight is 733 g/mol. The van der Waals surface area contributed by atoms with Gasteiger partial charge < -0.3 is 18.0 Å². The number of hydrogen-bond donors (Lipinski definition) is 0. The predicted molar refractivity (Wildman–Crippen MR) is 221 cm³/mol. The number of rotatable bonds is 19. The molecule has 0 aliphatic carbocycles. The highest BCUT2D eigenvalue weighted by molar-refractivity contribution is 6.75. The molecule has 8 heteroatoms. The molecule has 0 fully saturated rings. The highest BCUT2D eigenvalue weighted by Gasteiger charge is 2.44. The number of benzene rings is 1. The number of unbranched alkanes of at least 4 members (excludes halogenated alkanes) is 2. The van der Waals surface area contributed by atoms with Crippen LogP contribution >= 0.6 is 0 Å². The lowest BCUT2D eigenvalue weighted by atomic mass is 10.0. The summed E-state index contributed by atoms with van der Waals surface area (Å²) >= 11 is 0. The number of carbonyl (C=O) groups is 1. The van der Waals surface area contributed by atoms with Crippen molar-refractivity contribution in [2.75, 3.05) is 7.11 Å². The Morgan fingerprint density at radius 2 is 1.14 bits per heavy atom. The summed E-state index contributed by atoms with van der Waals surface area (Å²) in [5.41, 5.74) is 2.31. The molecule has 1 unspecified atom stereocenters. The SMILES string of the molecule is CCCCCC(C=Cc1ccccc1C=C[C@@H](O[Si](C)(C)C(C)(C)C)[C@H](CCCC(=O)OC)O[Si](C)(C)C(C)(C)C)O[Si](C)(C)C(C)(C)C. The lowest BCUT2D eigenvalue weighted by Crippen LogP contribution is -2.51. The summed E-state index contributed by atoms with van der Waals surface area (Å²) in [4.78, 5) is 12.1. The highest BCUT2D eigenvalue weighted by atomic mass is 28.4. The van der Waals surface area contributed by atoms with E-state index in [9.17, 15) is 4.79 Å². The van der Waals surface area contributed by atoms with E-state index in [0.29, 0.717) is 12.8 Å². The number of ether oxygens (including phenoxy) is 1. The highest BCUT2D eigenvalue weighted by Crippen LogP contribution is 2.42. The third kappa shape index (κ3) is 15.1. The number of carbonyl (C=O) groups excluding carboxylic acids is 1. The molecule has 1 aromatic rings. The van der Waals surface area contributed by atoms with Crippen LogP contribution in [0.25, 0.3) is 12.2 Å². The fourth-order valence-corrected chi connectivity index (χ4v) is 8.65. The molecule has 0 aliphatic rings. The summed E-state index contributed by atoms with van der Waals surface area (Å²) < 4.78 is 26.3. The van der Waals surface area contributed by atoms with Gasteiger partial charge in [-0.25, -0.2) is 0 Å². The Morgan fingerprint density at radius 1 is 0.673 bits per heavy atom. The van der Waals surface area contributed by atoms with Crippen molar-refractivity contribution < 1.29 is 22.8 Å². The molecule has 0 saturated heterocycles. The first-order valence-corrected chi connectivity index (χ1v) is 27.6. The van der Waals surface area contributed by atoms with Gasteiger partial charge in [0.25, 0.3) is 0 Å². The second-order valence-electron chi connectivity index (χ2n) is 18.5. The largest absolute Gasteiger partial charge is 0.469 e. The van der Waals surface area contributed by atoms with Crippen LogP contribution < -0.4 is 0 Å². The van der Waals surface area contributed by atoms with E-state index >= 15 is 0 Å². The molecule has 0 amide bonds. The first-order chi connectivity index (χ1) is 22.3. The van der Waals surface area contributed by atoms with Crippen molar-refractivity contribution in [1.82, 2.24) is 0 Å². The third-order valence-electron chi connectivity index (χ3n) is 11.2. The molecular weight excluding hydrogens is 657 g/mol. The van der Waals surface area contributed by atoms with Gasteiger partial charge in [0.15, 0.2) is 25.0 Å². The number of methoxy groups -OCH3 is 1. The molecule has 0 radical (unpaired) electrons. The van der Waals surface area contributed by atoms with Crippen LogP contribution in [-0.4, -0.2) is 56.3 Å². The number of hydrogen-bond acceptors (Lipinski definition) is 5. The van der Waals surface area contributed by atoms with Crippen molar-refractivity contribution in [1.29, 1.82) is 0 Å². The Hall–Kier alpha value is -1.30. The molecule has 1 rings (SSSR count). The Kier molecular flexibility index (Phi) is 17.7. The summed E-state index contributed by atoms with van der Waals surface area (Å²) in [7, 11) is -4.83. The molecule has 0 N–H and O–H groups in total. The lowest BCUT2D eigenvalue weighted by Gasteiger charge is -2.44. The molecule has 1 aromatic carbocycles. The fourth-order valence-electron chi connectivity index (χ4n) is 4.72. The monoisotopic (exact) mass is 733 g/mol. The van der Waals surface area contributed by atoms with Gasteiger partial charge in [0.1, 0.15) is 0 Å². The van der Waals surface area contributed by atoms with Gasteiger partial charge in [-0.3, -0.25) is 4.79 Å². The van der Waals surface area contributed by atoms with Gasteiger partial charge in [0.05, 0.1) is 25.4 Å². The molecule has 0 bridgehead atoms. The zero-order valence-corrected chi connectivity index (χ0v) is 37.8. The maximum Gasteiger partial charge on any atom is 0.305 e. The van der Waals surface area contributed by atoms with Crippen molar-refractivity contribution in [3.05, 3.63) is 47.5 Å². The Bertz CT molecular complexity index is 1200. The van der Waals surface area contributed by atoms with Crippen molar-refractivity contribution in [3.8, 4) is 0 Å². The van der Waals surface area contributed by atoms with Crippen LogP contribution in [-0.2, 0) is 22.8 Å². The maximum absolute atomic E-state index is 12.1. The van der Waals surface area contributed by atoms with E-state index in [-0.39, 0.29) is 39.4 Å². The Balaban J connectivity index is 3.65. The predicted octanol–water partition coefficient (Wildman–Crippen LogP) is 12.8. The van der Waals surface area contributed by atoms with E-state index in [1.54, 1.807) is 0 Å². The van der Waals surface area contributed by atoms with Crippen molar-refractivity contribution in [2.45, 2.75) is 187 Å². The second kappa shape index (κ2) is 19.0. The first-order valence-electron chi connectivity index (χ1n) is 18.8. The van der Waals surface area contributed by atoms with Crippen LogP contribution in [0.3, 0.4) is 0 Å². The molecular formula is C41H76O5Si3. The van der Waals surface area contributed by atoms with Gasteiger partial charge in [-0.05, 0) is 84.8 Å². The molecule has 3 atom stereocenters. The summed E-state index contributed by atoms with van der Waals surface area (Å²) in [6.45, 7) is 36.8. The standard InChI is InChI=1S/C41H76O5Si3/c1-18-19-20-26-35(44-47(12,13)39(2,3)4)31-29-33-24-21-22-25-34(33)30-32-37(46-49(16,17)41(8,9)10)36(27-23-28-38(42)43-11)45-48(14,15)40(5,6)7/h21-22,24-25,29-32,35-37H,18-20,23,26-28H2,1-17H3/t35?,36-,37+/m0/s1. The molecule has 0 spiro atoms. The topological polar surface area (TPSA) is 54.0 Å². The van der Waals surface area contributed by atoms with E-state index in [1.165, 1.54) is 26.4 Å². The molecule has 0 saturated carbocycles. The van der Waals surface area contributed by atoms with E-state index in [1.807, 2.05) is 0 Å². The molecule has 5 nitrogen and oxygen atoms in total. The molecule has 0 aromatic heterocycles. The van der Waals surface area contributed by atoms with Gasteiger partial charge in [0.2, 0.25) is 0 Å². The minimum Gasteiger partial charge on any atom is -0.469 e. The zero-order chi connectivity index (χ0) is 37.9. The van der Waals surface area contributed by atoms with Crippen LogP contribution in [0.2, 0.25) is 54.4 Å². The summed E-state index contributed by atoms with van der Waals surface area (Å²) in [5, 5.41) is 0.226. The van der Waals surface area contributed by atoms with E-state index in [2.05, 4.69) is 157 Å². The zero-order valence-electron chi connectivity index (χ0n) is 34.8. The summed E-state index contributed by atoms with van der Waals surface area (Å²) in [5.74, 6) is -0.185. The van der Waals surface area contributed by atoms with Gasteiger partial charge >= 0.3 is 5.97 Å². The van der Waals surface area contributed by atoms with Crippen LogP contribution in [0.1, 0.15) is 125 Å². The van der Waals surface area contributed by atoms with Gasteiger partial charge in [-0.1, -0.05) is 137 Å². The quantitative estimate of drug-likeness (QED) is 0.0805. The lowest BCUT2D eigenvalue weighted by molar-refractivity contribution is -0.140. The van der Waals surface area contributed by atoms with Crippen molar-refractivity contribution >= 4 is 43.1 Å². The molecule has 0 aliphatic heterocycles. The molecule has 49 heavy (non-hydrogen) atoms. The average Bonchev–Trinajstić information content (AvgIpc) is 2.95. The fraction of sp³-hybridized carbons (Fsp3) is 0.732. The van der Waals surface area contributed by atoms with Gasteiger partial charge in [-0.2, -0.15) is 0 Å². The van der Waals surface area contributed by atoms with E-state index in [0.717, 1.165) is 24.0 Å². The van der Waals surface area contributed by atoms with Crippen LogP contribution in [0.15, 0.2) is 36.4 Å². The van der Waals surface area contributed by atoms with Gasteiger partial charge in [-0.15, -0.1) is 0 Å². The van der Waals surface area contributed by atoms with Gasteiger partial charge in [0, 0.05) is 6.42 Å². The smallest absolute Gasteiger partial charge is 0.305 e. The summed E-state index contributed by atoms with van der Waals surface area (Å²) in [6.07, 6.45) is 15.1. The van der Waals surface area contributed by atoms with Crippen LogP contribution in [0, 0.1) is 0 Å². The van der Waals surface area contributed by atoms with Crippen molar-refractivity contribution in [3.63, 3.8) is 0 Å². The molecule has 282 valence electrons. The Labute approximate surface area is 306 Å². The maximum atomic E-state index is 12.1. The number of esters is 1. The minimum atomic E-state index is -2.19. The normalized spacial score (nSPS) is 15.9. The third-order valence-corrected chi connectivity index (χ3v) is 24.7. The van der Waals surface area contributed by atoms with Crippen LogP contribution in [0.4, 0.5) is 0 Å².